The van der Waals surface area contributed by atoms with Crippen LogP contribution in [0.15, 0.2) is 34.5 Å². The zero-order valence-corrected chi connectivity index (χ0v) is 20.2. The van der Waals surface area contributed by atoms with Crippen molar-refractivity contribution in [1.29, 1.82) is 0 Å². The Bertz CT molecular complexity index is 1040. The minimum absolute atomic E-state index is 0.0213. The second-order valence-corrected chi connectivity index (χ2v) is 10.6. The topological polar surface area (TPSA) is 96.9 Å². The summed E-state index contributed by atoms with van der Waals surface area (Å²) in [6.07, 6.45) is 4.99. The Morgan fingerprint density at radius 1 is 1.16 bits per heavy atom. The van der Waals surface area contributed by atoms with Gasteiger partial charge in [-0.2, -0.15) is 4.31 Å². The highest BCUT2D eigenvalue weighted by molar-refractivity contribution is 7.89. The molecule has 1 aromatic carbocycles. The maximum Gasteiger partial charge on any atom is 0.338 e. The smallest absolute Gasteiger partial charge is 0.338 e. The van der Waals surface area contributed by atoms with Crippen LogP contribution < -0.4 is 4.90 Å². The molecule has 10 heteroatoms. The maximum atomic E-state index is 12.9. The molecule has 1 saturated carbocycles. The van der Waals surface area contributed by atoms with Crippen molar-refractivity contribution in [3.05, 3.63) is 40.9 Å². The Hall–Kier alpha value is -2.30. The summed E-state index contributed by atoms with van der Waals surface area (Å²) in [6, 6.07) is 5.83. The van der Waals surface area contributed by atoms with Gasteiger partial charge in [0.2, 0.25) is 15.9 Å². The SMILES string of the molecule is CCN(C(C)=O)c1nc(COC(=O)c2ccc(S(=O)(=O)N(C)C3CCCCC3)cc2)cs1. The van der Waals surface area contributed by atoms with Gasteiger partial charge in [-0.15, -0.1) is 11.3 Å². The summed E-state index contributed by atoms with van der Waals surface area (Å²) in [6.45, 7) is 3.81. The van der Waals surface area contributed by atoms with Crippen LogP contribution in [-0.4, -0.2) is 49.2 Å². The first-order valence-electron chi connectivity index (χ1n) is 10.7. The third kappa shape index (κ3) is 5.54. The van der Waals surface area contributed by atoms with Crippen LogP contribution in [0.25, 0.3) is 0 Å². The van der Waals surface area contributed by atoms with Gasteiger partial charge in [0, 0.05) is 31.9 Å². The largest absolute Gasteiger partial charge is 0.456 e. The molecular weight excluding hydrogens is 450 g/mol. The third-order valence-electron chi connectivity index (χ3n) is 5.67. The number of carbonyl (C=O) groups excluding carboxylic acids is 2. The molecule has 0 saturated heterocycles. The number of thiazole rings is 1. The van der Waals surface area contributed by atoms with Crippen molar-refractivity contribution < 1.29 is 22.7 Å². The number of ether oxygens (including phenoxy) is 1. The van der Waals surface area contributed by atoms with Crippen molar-refractivity contribution in [1.82, 2.24) is 9.29 Å². The number of hydrogen-bond donors (Lipinski definition) is 0. The van der Waals surface area contributed by atoms with Gasteiger partial charge in [-0.3, -0.25) is 9.69 Å². The number of sulfonamides is 1. The molecule has 1 aromatic heterocycles. The van der Waals surface area contributed by atoms with Gasteiger partial charge >= 0.3 is 5.97 Å². The molecule has 174 valence electrons. The van der Waals surface area contributed by atoms with Gasteiger partial charge in [0.15, 0.2) is 5.13 Å². The average molecular weight is 480 g/mol. The molecule has 0 unspecified atom stereocenters. The minimum atomic E-state index is -3.61. The molecule has 0 bridgehead atoms. The van der Waals surface area contributed by atoms with Crippen LogP contribution in [0.5, 0.6) is 0 Å². The van der Waals surface area contributed by atoms with Crippen LogP contribution in [0, 0.1) is 0 Å². The van der Waals surface area contributed by atoms with Gasteiger partial charge in [-0.1, -0.05) is 19.3 Å². The van der Waals surface area contributed by atoms with Crippen molar-refractivity contribution >= 4 is 38.4 Å². The van der Waals surface area contributed by atoms with Crippen LogP contribution in [0.4, 0.5) is 5.13 Å². The molecule has 1 amide bonds. The monoisotopic (exact) mass is 479 g/mol. The molecule has 2 aromatic rings. The molecule has 0 spiro atoms. The van der Waals surface area contributed by atoms with E-state index in [4.69, 9.17) is 4.74 Å². The molecule has 8 nitrogen and oxygen atoms in total. The van der Waals surface area contributed by atoms with E-state index < -0.39 is 16.0 Å². The summed E-state index contributed by atoms with van der Waals surface area (Å²) in [5.41, 5.74) is 0.810. The lowest BCUT2D eigenvalue weighted by atomic mass is 9.96. The highest BCUT2D eigenvalue weighted by Gasteiger charge is 2.29. The van der Waals surface area contributed by atoms with Gasteiger partial charge in [0.05, 0.1) is 16.2 Å². The lowest BCUT2D eigenvalue weighted by molar-refractivity contribution is -0.116. The second-order valence-electron chi connectivity index (χ2n) is 7.80. The summed E-state index contributed by atoms with van der Waals surface area (Å²) < 4.78 is 32.6. The quantitative estimate of drug-likeness (QED) is 0.534. The number of nitrogens with zero attached hydrogens (tertiary/aromatic N) is 3. The van der Waals surface area contributed by atoms with Crippen molar-refractivity contribution in [2.75, 3.05) is 18.5 Å². The second kappa shape index (κ2) is 10.5. The van der Waals surface area contributed by atoms with E-state index >= 15 is 0 Å². The van der Waals surface area contributed by atoms with Gasteiger partial charge in [0.25, 0.3) is 0 Å². The van der Waals surface area contributed by atoms with E-state index in [1.54, 1.807) is 17.3 Å². The number of rotatable bonds is 8. The highest BCUT2D eigenvalue weighted by Crippen LogP contribution is 2.27. The van der Waals surface area contributed by atoms with Gasteiger partial charge in [0.1, 0.15) is 6.61 Å². The number of anilines is 1. The molecule has 0 atom stereocenters. The molecule has 0 N–H and O–H groups in total. The van der Waals surface area contributed by atoms with E-state index in [9.17, 15) is 18.0 Å². The van der Waals surface area contributed by atoms with Gasteiger partial charge in [-0.05, 0) is 44.0 Å². The van der Waals surface area contributed by atoms with Crippen LogP contribution in [0.3, 0.4) is 0 Å². The average Bonchev–Trinajstić information content (AvgIpc) is 3.26. The number of amides is 1. The standard InChI is InChI=1S/C22H29N3O5S2/c1-4-25(16(2)26)22-23-18(15-31-22)14-30-21(27)17-10-12-20(13-11-17)32(28,29)24(3)19-8-6-5-7-9-19/h10-13,15,19H,4-9,14H2,1-3H3. The molecular formula is C22H29N3O5S2. The number of aromatic nitrogens is 1. The van der Waals surface area contributed by atoms with Crippen molar-refractivity contribution in [2.45, 2.75) is 63.5 Å². The molecule has 32 heavy (non-hydrogen) atoms. The predicted octanol–water partition coefficient (Wildman–Crippen LogP) is 3.83. The van der Waals surface area contributed by atoms with Crippen LogP contribution in [0.2, 0.25) is 0 Å². The number of carbonyl (C=O) groups is 2. The van der Waals surface area contributed by atoms with Crippen molar-refractivity contribution in [3.8, 4) is 0 Å². The van der Waals surface area contributed by atoms with Gasteiger partial charge < -0.3 is 4.74 Å². The Labute approximate surface area is 193 Å². The summed E-state index contributed by atoms with van der Waals surface area (Å²) in [5.74, 6) is -0.669. The van der Waals surface area contributed by atoms with E-state index in [1.165, 1.54) is 46.8 Å². The lowest BCUT2D eigenvalue weighted by Crippen LogP contribution is -2.38. The molecule has 3 rings (SSSR count). The number of esters is 1. The fraction of sp³-hybridized carbons (Fsp3) is 0.500. The Morgan fingerprint density at radius 2 is 1.81 bits per heavy atom. The summed E-state index contributed by atoms with van der Waals surface area (Å²) in [4.78, 5) is 30.1. The molecule has 0 aliphatic heterocycles. The zero-order chi connectivity index (χ0) is 23.3. The number of benzene rings is 1. The fourth-order valence-electron chi connectivity index (χ4n) is 3.77. The Morgan fingerprint density at radius 3 is 2.41 bits per heavy atom. The molecule has 1 heterocycles. The first-order valence-corrected chi connectivity index (χ1v) is 13.0. The lowest BCUT2D eigenvalue weighted by Gasteiger charge is -2.30. The Balaban J connectivity index is 1.61. The summed E-state index contributed by atoms with van der Waals surface area (Å²) in [7, 11) is -1.98. The van der Waals surface area contributed by atoms with Gasteiger partial charge in [-0.25, -0.2) is 18.2 Å². The van der Waals surface area contributed by atoms with Crippen LogP contribution in [0.1, 0.15) is 62.0 Å². The summed E-state index contributed by atoms with van der Waals surface area (Å²) in [5, 5.41) is 2.30. The van der Waals surface area contributed by atoms with E-state index in [0.29, 0.717) is 17.4 Å². The summed E-state index contributed by atoms with van der Waals surface area (Å²) >= 11 is 1.31. The zero-order valence-electron chi connectivity index (χ0n) is 18.6. The number of hydrogen-bond acceptors (Lipinski definition) is 7. The third-order valence-corrected chi connectivity index (χ3v) is 8.51. The first-order chi connectivity index (χ1) is 15.2. The van der Waals surface area contributed by atoms with Crippen LogP contribution in [-0.2, 0) is 26.2 Å². The van der Waals surface area contributed by atoms with E-state index in [-0.39, 0.29) is 29.0 Å². The minimum Gasteiger partial charge on any atom is -0.456 e. The van der Waals surface area contributed by atoms with E-state index in [2.05, 4.69) is 4.98 Å². The first kappa shape index (κ1) is 24.3. The normalized spacial score (nSPS) is 15.0. The van der Waals surface area contributed by atoms with Crippen LogP contribution >= 0.6 is 11.3 Å². The van der Waals surface area contributed by atoms with Crippen molar-refractivity contribution in [3.63, 3.8) is 0 Å². The predicted molar refractivity (Wildman–Crippen MR) is 123 cm³/mol. The fourth-order valence-corrected chi connectivity index (χ4v) is 6.11. The Kier molecular flexibility index (Phi) is 8.02. The molecule has 1 fully saturated rings. The van der Waals surface area contributed by atoms with E-state index in [1.807, 2.05) is 6.92 Å². The molecule has 1 aliphatic carbocycles. The molecule has 1 aliphatic rings. The van der Waals surface area contributed by atoms with E-state index in [0.717, 1.165) is 32.1 Å². The highest BCUT2D eigenvalue weighted by atomic mass is 32.2. The van der Waals surface area contributed by atoms with Crippen molar-refractivity contribution in [2.24, 2.45) is 0 Å². The maximum absolute atomic E-state index is 12.9. The molecule has 0 radical (unpaired) electrons.